The minimum Gasteiger partial charge on any atom is -0.354 e. The maximum absolute atomic E-state index is 12.9. The number of thiazole rings is 1. The lowest BCUT2D eigenvalue weighted by Gasteiger charge is -2.20. The van der Waals surface area contributed by atoms with Gasteiger partial charge < -0.3 is 10.2 Å². The molecule has 0 bridgehead atoms. The predicted octanol–water partition coefficient (Wildman–Crippen LogP) is 3.49. The fourth-order valence-electron chi connectivity index (χ4n) is 2.14. The van der Waals surface area contributed by atoms with E-state index in [1.807, 2.05) is 19.0 Å². The van der Waals surface area contributed by atoms with Crippen LogP contribution in [-0.2, 0) is 0 Å². The molecule has 4 nitrogen and oxygen atoms in total. The van der Waals surface area contributed by atoms with Crippen molar-refractivity contribution in [2.75, 3.05) is 19.0 Å². The lowest BCUT2D eigenvalue weighted by atomic mass is 10.2. The molecule has 1 unspecified atom stereocenters. The molecule has 1 aliphatic rings. The second-order valence-electron chi connectivity index (χ2n) is 5.50. The lowest BCUT2D eigenvalue weighted by Crippen LogP contribution is -2.46. The van der Waals surface area contributed by atoms with Gasteiger partial charge in [0.2, 0.25) is 0 Å². The minimum atomic E-state index is -4.40. The molecule has 1 fully saturated rings. The fourth-order valence-corrected chi connectivity index (χ4v) is 4.17. The molecule has 120 valence electrons. The molecule has 0 aromatic carbocycles. The zero-order valence-corrected chi connectivity index (χ0v) is 13.5. The second kappa shape index (κ2) is 5.38. The van der Waals surface area contributed by atoms with Gasteiger partial charge in [0.25, 0.3) is 5.91 Å². The summed E-state index contributed by atoms with van der Waals surface area (Å²) in [7, 11) is 3.72. The maximum atomic E-state index is 12.9. The molecule has 0 aliphatic heterocycles. The Morgan fingerprint density at radius 1 is 1.41 bits per heavy atom. The summed E-state index contributed by atoms with van der Waals surface area (Å²) in [5, 5.41) is 2.94. The van der Waals surface area contributed by atoms with Crippen LogP contribution in [0.5, 0.6) is 0 Å². The van der Waals surface area contributed by atoms with E-state index in [0.717, 1.165) is 21.2 Å². The van der Waals surface area contributed by atoms with Crippen molar-refractivity contribution >= 4 is 43.2 Å². The third-order valence-corrected chi connectivity index (χ3v) is 5.74. The second-order valence-corrected chi connectivity index (χ2v) is 7.54. The molecule has 1 N–H and O–H groups in total. The molecule has 2 heterocycles. The Morgan fingerprint density at radius 3 is 2.59 bits per heavy atom. The number of carbonyl (C=O) groups is 1. The molecule has 0 saturated heterocycles. The van der Waals surface area contributed by atoms with Gasteiger partial charge in [0.1, 0.15) is 10.9 Å². The summed E-state index contributed by atoms with van der Waals surface area (Å²) in [6.45, 7) is 0. The first-order valence-electron chi connectivity index (χ1n) is 6.71. The van der Waals surface area contributed by atoms with Crippen molar-refractivity contribution in [2.45, 2.75) is 25.1 Å². The molecule has 2 aromatic heterocycles. The van der Waals surface area contributed by atoms with Crippen LogP contribution in [0.4, 0.5) is 18.3 Å². The number of hydrogen-bond acceptors (Lipinski definition) is 5. The van der Waals surface area contributed by atoms with E-state index >= 15 is 0 Å². The first-order chi connectivity index (χ1) is 10.3. The molecule has 1 aliphatic carbocycles. The molecule has 2 aromatic rings. The monoisotopic (exact) mass is 349 g/mol. The number of halogens is 3. The van der Waals surface area contributed by atoms with Crippen LogP contribution in [0.3, 0.4) is 0 Å². The SMILES string of the molecule is CN(C)c1nc2sc(C(=O)NC(C3CC3)C(F)(F)F)cc2s1. The van der Waals surface area contributed by atoms with Gasteiger partial charge in [0.05, 0.1) is 9.58 Å². The number of alkyl halides is 3. The highest BCUT2D eigenvalue weighted by molar-refractivity contribution is 7.29. The molecule has 9 heteroatoms. The Hall–Kier alpha value is -1.35. The summed E-state index contributed by atoms with van der Waals surface area (Å²) in [5.74, 6) is -1.15. The number of rotatable bonds is 4. The summed E-state index contributed by atoms with van der Waals surface area (Å²) in [6, 6.07) is -0.134. The van der Waals surface area contributed by atoms with Crippen LogP contribution in [-0.4, -0.2) is 37.2 Å². The highest BCUT2D eigenvalue weighted by atomic mass is 32.1. The molecule has 3 rings (SSSR count). The summed E-state index contributed by atoms with van der Waals surface area (Å²) in [4.78, 5) is 19.2. The molecular formula is C13H14F3N3OS2. The van der Waals surface area contributed by atoms with E-state index in [2.05, 4.69) is 10.3 Å². The first-order valence-corrected chi connectivity index (χ1v) is 8.34. The van der Waals surface area contributed by atoms with Gasteiger partial charge in [0.15, 0.2) is 5.13 Å². The number of hydrogen-bond donors (Lipinski definition) is 1. The molecule has 1 amide bonds. The van der Waals surface area contributed by atoms with Crippen molar-refractivity contribution in [3.63, 3.8) is 0 Å². The van der Waals surface area contributed by atoms with Gasteiger partial charge in [-0.05, 0) is 24.8 Å². The van der Waals surface area contributed by atoms with Gasteiger partial charge in [-0.2, -0.15) is 13.2 Å². The smallest absolute Gasteiger partial charge is 0.354 e. The topological polar surface area (TPSA) is 45.2 Å². The molecule has 1 atom stereocenters. The third-order valence-electron chi connectivity index (χ3n) is 3.42. The van der Waals surface area contributed by atoms with Gasteiger partial charge in [-0.25, -0.2) is 4.98 Å². The van der Waals surface area contributed by atoms with Crippen molar-refractivity contribution in [3.8, 4) is 0 Å². The highest BCUT2D eigenvalue weighted by Gasteiger charge is 2.49. The van der Waals surface area contributed by atoms with Crippen LogP contribution in [0, 0.1) is 5.92 Å². The number of amides is 1. The van der Waals surface area contributed by atoms with Gasteiger partial charge in [0, 0.05) is 14.1 Å². The lowest BCUT2D eigenvalue weighted by molar-refractivity contribution is -0.158. The average molecular weight is 349 g/mol. The summed E-state index contributed by atoms with van der Waals surface area (Å²) in [5.41, 5.74) is 0. The number of nitrogens with one attached hydrogen (secondary N) is 1. The summed E-state index contributed by atoms with van der Waals surface area (Å²) >= 11 is 2.53. The number of fused-ring (bicyclic) bond motifs is 1. The van der Waals surface area contributed by atoms with Crippen LogP contribution in [0.15, 0.2) is 6.07 Å². The molecule has 0 radical (unpaired) electrons. The van der Waals surface area contributed by atoms with Crippen LogP contribution in [0.2, 0.25) is 0 Å². The Morgan fingerprint density at radius 2 is 2.09 bits per heavy atom. The average Bonchev–Trinajstić information content (AvgIpc) is 3.01. The normalized spacial score (nSPS) is 16.8. The number of carbonyl (C=O) groups excluding carboxylic acids is 1. The van der Waals surface area contributed by atoms with E-state index in [4.69, 9.17) is 0 Å². The van der Waals surface area contributed by atoms with Crippen LogP contribution < -0.4 is 10.2 Å². The Kier molecular flexibility index (Phi) is 3.80. The number of thiophene rings is 1. The quantitative estimate of drug-likeness (QED) is 0.919. The fraction of sp³-hybridized carbons (Fsp3) is 0.538. The van der Waals surface area contributed by atoms with E-state index in [1.165, 1.54) is 11.3 Å². The Labute approximate surface area is 132 Å². The Bertz CT molecular complexity index is 672. The third kappa shape index (κ3) is 3.05. The van der Waals surface area contributed by atoms with Crippen LogP contribution >= 0.6 is 22.7 Å². The highest BCUT2D eigenvalue weighted by Crippen LogP contribution is 2.40. The van der Waals surface area contributed by atoms with E-state index in [-0.39, 0.29) is 4.88 Å². The predicted molar refractivity (Wildman–Crippen MR) is 81.9 cm³/mol. The number of nitrogens with zero attached hydrogens (tertiary/aromatic N) is 2. The number of anilines is 1. The van der Waals surface area contributed by atoms with Crippen molar-refractivity contribution in [1.29, 1.82) is 0 Å². The van der Waals surface area contributed by atoms with E-state index < -0.39 is 24.0 Å². The Balaban J connectivity index is 1.78. The molecule has 22 heavy (non-hydrogen) atoms. The van der Waals surface area contributed by atoms with E-state index in [9.17, 15) is 18.0 Å². The van der Waals surface area contributed by atoms with E-state index in [1.54, 1.807) is 6.07 Å². The van der Waals surface area contributed by atoms with Crippen molar-refractivity contribution in [2.24, 2.45) is 5.92 Å². The summed E-state index contributed by atoms with van der Waals surface area (Å²) < 4.78 is 39.7. The minimum absolute atomic E-state index is 0.272. The van der Waals surface area contributed by atoms with Gasteiger partial charge in [-0.15, -0.1) is 11.3 Å². The first kappa shape index (κ1) is 15.5. The zero-order chi connectivity index (χ0) is 16.1. The van der Waals surface area contributed by atoms with Crippen molar-refractivity contribution < 1.29 is 18.0 Å². The van der Waals surface area contributed by atoms with Crippen molar-refractivity contribution in [3.05, 3.63) is 10.9 Å². The van der Waals surface area contributed by atoms with Crippen LogP contribution in [0.1, 0.15) is 22.5 Å². The van der Waals surface area contributed by atoms with Gasteiger partial charge in [-0.1, -0.05) is 11.3 Å². The standard InChI is InChI=1S/C13H14F3N3OS2/c1-19(2)12-18-11-8(22-12)5-7(21-11)10(20)17-9(6-3-4-6)13(14,15)16/h5-6,9H,3-4H2,1-2H3,(H,17,20). The van der Waals surface area contributed by atoms with Crippen molar-refractivity contribution in [1.82, 2.24) is 10.3 Å². The maximum Gasteiger partial charge on any atom is 0.408 e. The van der Waals surface area contributed by atoms with Gasteiger partial charge >= 0.3 is 6.18 Å². The number of aromatic nitrogens is 1. The van der Waals surface area contributed by atoms with Gasteiger partial charge in [-0.3, -0.25) is 4.79 Å². The molecule has 1 saturated carbocycles. The summed E-state index contributed by atoms with van der Waals surface area (Å²) in [6.07, 6.45) is -3.38. The van der Waals surface area contributed by atoms with Crippen LogP contribution in [0.25, 0.3) is 9.53 Å². The largest absolute Gasteiger partial charge is 0.408 e. The van der Waals surface area contributed by atoms with E-state index in [0.29, 0.717) is 17.7 Å². The molecular weight excluding hydrogens is 335 g/mol. The molecule has 0 spiro atoms. The zero-order valence-electron chi connectivity index (χ0n) is 11.9.